The van der Waals surface area contributed by atoms with Crippen molar-refractivity contribution in [2.75, 3.05) is 0 Å². The number of nitrogens with one attached hydrogen (secondary N) is 1. The summed E-state index contributed by atoms with van der Waals surface area (Å²) in [6, 6.07) is 1.93. The molecule has 1 N–H and O–H groups in total. The van der Waals surface area contributed by atoms with Gasteiger partial charge >= 0.3 is 6.09 Å². The molecule has 1 aromatic heterocycles. The number of aromatic nitrogens is 1. The van der Waals surface area contributed by atoms with E-state index in [0.717, 1.165) is 29.5 Å². The van der Waals surface area contributed by atoms with Crippen molar-refractivity contribution in [2.24, 2.45) is 0 Å². The minimum Gasteiger partial charge on any atom is -0.489 e. The van der Waals surface area contributed by atoms with Gasteiger partial charge in [0, 0.05) is 24.9 Å². The highest BCUT2D eigenvalue weighted by Gasteiger charge is 2.29. The van der Waals surface area contributed by atoms with E-state index in [1.54, 1.807) is 12.4 Å². The van der Waals surface area contributed by atoms with Gasteiger partial charge in [-0.15, -0.1) is 0 Å². The predicted octanol–water partition coefficient (Wildman–Crippen LogP) is 3.67. The monoisotopic (exact) mass is 356 g/mol. The van der Waals surface area contributed by atoms with Gasteiger partial charge in [0.2, 0.25) is 0 Å². The van der Waals surface area contributed by atoms with E-state index >= 15 is 0 Å². The van der Waals surface area contributed by atoms with Crippen LogP contribution in [0.3, 0.4) is 0 Å². The standard InChI is InChI=1S/C15H21BrN2O3/c1-15(2,3)21-14(19)18-10-4-5-11(8-10)20-13-6-7-17-9-12(13)16/h6-7,9-11H,4-5,8H2,1-3H3,(H,18,19)/t10-,11+/m0/s1. The second-order valence-corrected chi connectivity index (χ2v) is 7.06. The molecule has 2 atom stereocenters. The van der Waals surface area contributed by atoms with E-state index in [-0.39, 0.29) is 18.2 Å². The van der Waals surface area contributed by atoms with Crippen molar-refractivity contribution in [1.82, 2.24) is 10.3 Å². The first-order chi connectivity index (χ1) is 9.83. The van der Waals surface area contributed by atoms with Gasteiger partial charge in [-0.1, -0.05) is 0 Å². The molecule has 0 aliphatic heterocycles. The van der Waals surface area contributed by atoms with Crippen LogP contribution >= 0.6 is 15.9 Å². The van der Waals surface area contributed by atoms with Gasteiger partial charge in [0.05, 0.1) is 4.47 Å². The molecule has 0 spiro atoms. The molecule has 1 aliphatic rings. The van der Waals surface area contributed by atoms with Crippen LogP contribution in [0.5, 0.6) is 5.75 Å². The van der Waals surface area contributed by atoms with E-state index in [1.807, 2.05) is 26.8 Å². The van der Waals surface area contributed by atoms with Crippen molar-refractivity contribution in [3.8, 4) is 5.75 Å². The third-order valence-corrected chi connectivity index (χ3v) is 3.73. The molecule has 1 fully saturated rings. The van der Waals surface area contributed by atoms with Gasteiger partial charge in [-0.05, 0) is 55.6 Å². The second-order valence-electron chi connectivity index (χ2n) is 6.20. The Morgan fingerprint density at radius 2 is 2.19 bits per heavy atom. The molecule has 0 aromatic carbocycles. The summed E-state index contributed by atoms with van der Waals surface area (Å²) in [5.74, 6) is 0.785. The van der Waals surface area contributed by atoms with E-state index in [2.05, 4.69) is 26.2 Å². The van der Waals surface area contributed by atoms with Crippen LogP contribution in [0.2, 0.25) is 0 Å². The molecule has 0 bridgehead atoms. The molecule has 1 aromatic rings. The molecule has 1 saturated carbocycles. The number of rotatable bonds is 3. The summed E-state index contributed by atoms with van der Waals surface area (Å²) < 4.78 is 12.0. The molecule has 2 rings (SSSR count). The van der Waals surface area contributed by atoms with Crippen LogP contribution in [0.25, 0.3) is 0 Å². The Bertz CT molecular complexity index is 502. The van der Waals surface area contributed by atoms with Gasteiger partial charge in [-0.3, -0.25) is 4.98 Å². The molecule has 0 unspecified atom stereocenters. The minimum absolute atomic E-state index is 0.101. The summed E-state index contributed by atoms with van der Waals surface area (Å²) in [5, 5.41) is 2.90. The lowest BCUT2D eigenvalue weighted by Crippen LogP contribution is -2.38. The van der Waals surface area contributed by atoms with Crippen molar-refractivity contribution in [1.29, 1.82) is 0 Å². The van der Waals surface area contributed by atoms with Crippen molar-refractivity contribution in [2.45, 2.75) is 57.8 Å². The fourth-order valence-electron chi connectivity index (χ4n) is 2.29. The lowest BCUT2D eigenvalue weighted by Gasteiger charge is -2.21. The van der Waals surface area contributed by atoms with Crippen LogP contribution in [0.1, 0.15) is 40.0 Å². The average molecular weight is 357 g/mol. The van der Waals surface area contributed by atoms with Crippen LogP contribution in [0.4, 0.5) is 4.79 Å². The first kappa shape index (κ1) is 16.1. The number of halogens is 1. The van der Waals surface area contributed by atoms with Crippen LogP contribution in [0, 0.1) is 0 Å². The zero-order valence-corrected chi connectivity index (χ0v) is 14.1. The van der Waals surface area contributed by atoms with Gasteiger partial charge in [0.25, 0.3) is 0 Å². The number of amides is 1. The third kappa shape index (κ3) is 5.19. The van der Waals surface area contributed by atoms with Crippen molar-refractivity contribution < 1.29 is 14.3 Å². The normalized spacial score (nSPS) is 21.9. The largest absolute Gasteiger partial charge is 0.489 e. The highest BCUT2D eigenvalue weighted by molar-refractivity contribution is 9.10. The molecule has 0 saturated heterocycles. The van der Waals surface area contributed by atoms with Crippen molar-refractivity contribution in [3.05, 3.63) is 22.9 Å². The van der Waals surface area contributed by atoms with Crippen molar-refractivity contribution in [3.63, 3.8) is 0 Å². The summed E-state index contributed by atoms with van der Waals surface area (Å²) in [4.78, 5) is 15.8. The fraction of sp³-hybridized carbons (Fsp3) is 0.600. The zero-order valence-electron chi connectivity index (χ0n) is 12.6. The summed E-state index contributed by atoms with van der Waals surface area (Å²) in [6.45, 7) is 5.57. The number of carbonyl (C=O) groups excluding carboxylic acids is 1. The number of alkyl carbamates (subject to hydrolysis) is 1. The lowest BCUT2D eigenvalue weighted by molar-refractivity contribution is 0.0503. The third-order valence-electron chi connectivity index (χ3n) is 3.13. The average Bonchev–Trinajstić information content (AvgIpc) is 2.77. The predicted molar refractivity (Wildman–Crippen MR) is 83.4 cm³/mol. The van der Waals surface area contributed by atoms with E-state index in [0.29, 0.717) is 0 Å². The van der Waals surface area contributed by atoms with Gasteiger partial charge in [0.1, 0.15) is 17.5 Å². The zero-order chi connectivity index (χ0) is 15.5. The topological polar surface area (TPSA) is 60.5 Å². The Morgan fingerprint density at radius 1 is 1.43 bits per heavy atom. The smallest absolute Gasteiger partial charge is 0.407 e. The number of nitrogens with zero attached hydrogens (tertiary/aromatic N) is 1. The Morgan fingerprint density at radius 3 is 2.86 bits per heavy atom. The molecule has 1 aliphatic carbocycles. The summed E-state index contributed by atoms with van der Waals surface area (Å²) in [6.07, 6.45) is 5.74. The van der Waals surface area contributed by atoms with Gasteiger partial charge in [-0.25, -0.2) is 4.79 Å². The molecule has 6 heteroatoms. The first-order valence-electron chi connectivity index (χ1n) is 7.09. The number of ether oxygens (including phenoxy) is 2. The van der Waals surface area contributed by atoms with E-state index < -0.39 is 5.60 Å². The Labute approximate surface area is 133 Å². The molecule has 1 heterocycles. The molecule has 1 amide bonds. The summed E-state index contributed by atoms with van der Waals surface area (Å²) in [7, 11) is 0. The quantitative estimate of drug-likeness (QED) is 0.897. The summed E-state index contributed by atoms with van der Waals surface area (Å²) in [5.41, 5.74) is -0.472. The molecule has 5 nitrogen and oxygen atoms in total. The van der Waals surface area contributed by atoms with Gasteiger partial charge in [0.15, 0.2) is 0 Å². The van der Waals surface area contributed by atoms with Crippen LogP contribution in [-0.2, 0) is 4.74 Å². The highest BCUT2D eigenvalue weighted by Crippen LogP contribution is 2.29. The van der Waals surface area contributed by atoms with Gasteiger partial charge < -0.3 is 14.8 Å². The minimum atomic E-state index is -0.472. The number of hydrogen-bond donors (Lipinski definition) is 1. The van der Waals surface area contributed by atoms with Crippen LogP contribution in [0.15, 0.2) is 22.9 Å². The Hall–Kier alpha value is -1.30. The van der Waals surface area contributed by atoms with E-state index in [9.17, 15) is 4.79 Å². The maximum Gasteiger partial charge on any atom is 0.407 e. The van der Waals surface area contributed by atoms with Crippen molar-refractivity contribution >= 4 is 22.0 Å². The molecule has 0 radical (unpaired) electrons. The Kier molecular flexibility index (Phi) is 5.08. The first-order valence-corrected chi connectivity index (χ1v) is 7.88. The number of pyridine rings is 1. The highest BCUT2D eigenvalue weighted by atomic mass is 79.9. The number of hydrogen-bond acceptors (Lipinski definition) is 4. The summed E-state index contributed by atoms with van der Waals surface area (Å²) >= 11 is 3.41. The molecule has 116 valence electrons. The Balaban J connectivity index is 1.81. The maximum absolute atomic E-state index is 11.7. The fourth-order valence-corrected chi connectivity index (χ4v) is 2.63. The van der Waals surface area contributed by atoms with E-state index in [1.165, 1.54) is 0 Å². The molecular formula is C15H21BrN2O3. The molecular weight excluding hydrogens is 336 g/mol. The lowest BCUT2D eigenvalue weighted by atomic mass is 10.2. The van der Waals surface area contributed by atoms with E-state index in [4.69, 9.17) is 9.47 Å². The van der Waals surface area contributed by atoms with Crippen LogP contribution in [-0.4, -0.2) is 28.8 Å². The van der Waals surface area contributed by atoms with Gasteiger partial charge in [-0.2, -0.15) is 0 Å². The SMILES string of the molecule is CC(C)(C)OC(=O)N[C@H]1CC[C@@H](Oc2ccncc2Br)C1. The number of carbonyl (C=O) groups is 1. The molecule has 21 heavy (non-hydrogen) atoms. The van der Waals surface area contributed by atoms with Crippen LogP contribution < -0.4 is 10.1 Å². The second kappa shape index (κ2) is 6.64. The maximum atomic E-state index is 11.7.